The lowest BCUT2D eigenvalue weighted by atomic mass is 9.95. The first-order chi connectivity index (χ1) is 9.52. The number of nitrogens with one attached hydrogen (secondary N) is 1. The fourth-order valence-corrected chi connectivity index (χ4v) is 3.10. The molecule has 0 aliphatic carbocycles. The molecular weight excluding hydrogens is 248 g/mol. The average molecular weight is 274 g/mol. The number of carbonyl (C=O) groups excluding carboxylic acids is 1. The Balaban J connectivity index is 2.14. The number of carbonyl (C=O) groups is 1. The van der Waals surface area contributed by atoms with Crippen LogP contribution >= 0.6 is 0 Å². The first-order valence-corrected chi connectivity index (χ1v) is 7.56. The van der Waals surface area contributed by atoms with Crippen molar-refractivity contribution in [3.8, 4) is 0 Å². The van der Waals surface area contributed by atoms with Gasteiger partial charge in [0.15, 0.2) is 0 Å². The lowest BCUT2D eigenvalue weighted by molar-refractivity contribution is -0.138. The van der Waals surface area contributed by atoms with Crippen LogP contribution in [0.5, 0.6) is 0 Å². The molecule has 0 saturated carbocycles. The van der Waals surface area contributed by atoms with Gasteiger partial charge < -0.3 is 10.2 Å². The Morgan fingerprint density at radius 3 is 2.80 bits per heavy atom. The Hall–Kier alpha value is -1.35. The molecule has 0 radical (unpaired) electrons. The Labute approximate surface area is 122 Å². The molecule has 1 aromatic rings. The van der Waals surface area contributed by atoms with E-state index in [1.54, 1.807) is 0 Å². The molecule has 1 aliphatic rings. The lowest BCUT2D eigenvalue weighted by Crippen LogP contribution is -2.44. The number of likely N-dealkylation sites (tertiary alicyclic amines) is 1. The molecule has 2 rings (SSSR count). The van der Waals surface area contributed by atoms with Gasteiger partial charge in [-0.05, 0) is 44.9 Å². The molecule has 2 unspecified atom stereocenters. The van der Waals surface area contributed by atoms with E-state index in [0.717, 1.165) is 25.9 Å². The van der Waals surface area contributed by atoms with Gasteiger partial charge in [0.25, 0.3) is 0 Å². The number of rotatable bonds is 4. The number of likely N-dealkylation sites (N-methyl/N-ethyl adjacent to an activating group) is 1. The number of nitrogens with zero attached hydrogens (tertiary/aromatic N) is 1. The van der Waals surface area contributed by atoms with Crippen molar-refractivity contribution >= 4 is 5.91 Å². The number of hydrogen-bond donors (Lipinski definition) is 1. The van der Waals surface area contributed by atoms with Gasteiger partial charge in [-0.1, -0.05) is 30.7 Å². The van der Waals surface area contributed by atoms with E-state index >= 15 is 0 Å². The maximum Gasteiger partial charge on any atom is 0.225 e. The summed E-state index contributed by atoms with van der Waals surface area (Å²) < 4.78 is 0. The molecule has 1 aromatic carbocycles. The number of piperidine rings is 1. The SMILES string of the molecule is CNC(CN1CCCC(C)C1=O)c1ccc(C)cc1C. The Bertz CT molecular complexity index is 484. The average Bonchev–Trinajstić information content (AvgIpc) is 2.41. The van der Waals surface area contributed by atoms with Gasteiger partial charge in [-0.3, -0.25) is 4.79 Å². The van der Waals surface area contributed by atoms with E-state index in [2.05, 4.69) is 37.4 Å². The van der Waals surface area contributed by atoms with Crippen molar-refractivity contribution in [2.75, 3.05) is 20.1 Å². The van der Waals surface area contributed by atoms with Crippen LogP contribution in [-0.4, -0.2) is 30.9 Å². The first kappa shape index (κ1) is 15.0. The van der Waals surface area contributed by atoms with Crippen LogP contribution in [0.25, 0.3) is 0 Å². The monoisotopic (exact) mass is 274 g/mol. The van der Waals surface area contributed by atoms with Crippen LogP contribution in [0.4, 0.5) is 0 Å². The van der Waals surface area contributed by atoms with Crippen LogP contribution < -0.4 is 5.32 Å². The summed E-state index contributed by atoms with van der Waals surface area (Å²) in [6, 6.07) is 6.75. The van der Waals surface area contributed by atoms with Crippen LogP contribution in [0.3, 0.4) is 0 Å². The molecule has 0 aromatic heterocycles. The van der Waals surface area contributed by atoms with Crippen molar-refractivity contribution in [3.63, 3.8) is 0 Å². The van der Waals surface area contributed by atoms with Crippen molar-refractivity contribution < 1.29 is 4.79 Å². The number of amides is 1. The third-order valence-electron chi connectivity index (χ3n) is 4.35. The Morgan fingerprint density at radius 1 is 1.40 bits per heavy atom. The summed E-state index contributed by atoms with van der Waals surface area (Å²) in [5.74, 6) is 0.488. The molecule has 0 bridgehead atoms. The summed E-state index contributed by atoms with van der Waals surface area (Å²) in [4.78, 5) is 14.3. The third kappa shape index (κ3) is 3.21. The maximum atomic E-state index is 12.2. The third-order valence-corrected chi connectivity index (χ3v) is 4.35. The molecular formula is C17H26N2O. The zero-order chi connectivity index (χ0) is 14.7. The zero-order valence-corrected chi connectivity index (χ0v) is 13.1. The maximum absolute atomic E-state index is 12.2. The first-order valence-electron chi connectivity index (χ1n) is 7.56. The van der Waals surface area contributed by atoms with Gasteiger partial charge in [0.2, 0.25) is 5.91 Å². The van der Waals surface area contributed by atoms with Crippen molar-refractivity contribution in [1.82, 2.24) is 10.2 Å². The van der Waals surface area contributed by atoms with E-state index in [1.165, 1.54) is 16.7 Å². The second-order valence-electron chi connectivity index (χ2n) is 6.03. The van der Waals surface area contributed by atoms with E-state index in [9.17, 15) is 4.79 Å². The predicted octanol–water partition coefficient (Wildman–Crippen LogP) is 2.82. The standard InChI is InChI=1S/C17H26N2O/c1-12-7-8-15(14(3)10-12)16(18-4)11-19-9-5-6-13(2)17(19)20/h7-8,10,13,16,18H,5-6,9,11H2,1-4H3. The minimum Gasteiger partial charge on any atom is -0.341 e. The second kappa shape index (κ2) is 6.40. The van der Waals surface area contributed by atoms with Gasteiger partial charge in [-0.15, -0.1) is 0 Å². The summed E-state index contributed by atoms with van der Waals surface area (Å²) >= 11 is 0. The van der Waals surface area contributed by atoms with E-state index in [-0.39, 0.29) is 12.0 Å². The van der Waals surface area contributed by atoms with E-state index in [4.69, 9.17) is 0 Å². The van der Waals surface area contributed by atoms with Crippen LogP contribution in [0.15, 0.2) is 18.2 Å². The highest BCUT2D eigenvalue weighted by atomic mass is 16.2. The highest BCUT2D eigenvalue weighted by Gasteiger charge is 2.27. The molecule has 1 heterocycles. The minimum atomic E-state index is 0.181. The molecule has 0 spiro atoms. The van der Waals surface area contributed by atoms with Gasteiger partial charge in [-0.2, -0.15) is 0 Å². The normalized spacial score (nSPS) is 21.1. The van der Waals surface area contributed by atoms with Crippen LogP contribution in [0, 0.1) is 19.8 Å². The summed E-state index contributed by atoms with van der Waals surface area (Å²) in [5.41, 5.74) is 3.87. The van der Waals surface area contributed by atoms with Gasteiger partial charge in [0.05, 0.1) is 0 Å². The zero-order valence-electron chi connectivity index (χ0n) is 13.1. The summed E-state index contributed by atoms with van der Waals surface area (Å²) in [6.07, 6.45) is 2.15. The smallest absolute Gasteiger partial charge is 0.225 e. The minimum absolute atomic E-state index is 0.181. The van der Waals surface area contributed by atoms with E-state index in [0.29, 0.717) is 5.91 Å². The largest absolute Gasteiger partial charge is 0.341 e. The molecule has 20 heavy (non-hydrogen) atoms. The summed E-state index contributed by atoms with van der Waals surface area (Å²) in [7, 11) is 1.97. The van der Waals surface area contributed by atoms with E-state index in [1.807, 2.05) is 18.9 Å². The van der Waals surface area contributed by atoms with E-state index < -0.39 is 0 Å². The lowest BCUT2D eigenvalue weighted by Gasteiger charge is -2.34. The number of benzene rings is 1. The van der Waals surface area contributed by atoms with Crippen molar-refractivity contribution in [2.45, 2.75) is 39.7 Å². The molecule has 110 valence electrons. The van der Waals surface area contributed by atoms with Gasteiger partial charge >= 0.3 is 0 Å². The fourth-order valence-electron chi connectivity index (χ4n) is 3.10. The number of aryl methyl sites for hydroxylation is 2. The van der Waals surface area contributed by atoms with Gasteiger partial charge in [-0.25, -0.2) is 0 Å². The molecule has 1 N–H and O–H groups in total. The van der Waals surface area contributed by atoms with Crippen molar-refractivity contribution in [1.29, 1.82) is 0 Å². The molecule has 3 heteroatoms. The quantitative estimate of drug-likeness (QED) is 0.915. The molecule has 3 nitrogen and oxygen atoms in total. The summed E-state index contributed by atoms with van der Waals surface area (Å²) in [6.45, 7) is 7.96. The summed E-state index contributed by atoms with van der Waals surface area (Å²) in [5, 5.41) is 3.37. The van der Waals surface area contributed by atoms with Crippen molar-refractivity contribution in [2.24, 2.45) is 5.92 Å². The van der Waals surface area contributed by atoms with Gasteiger partial charge in [0.1, 0.15) is 0 Å². The highest BCUT2D eigenvalue weighted by molar-refractivity contribution is 5.79. The topological polar surface area (TPSA) is 32.3 Å². The van der Waals surface area contributed by atoms with Crippen LogP contribution in [0.1, 0.15) is 42.5 Å². The highest BCUT2D eigenvalue weighted by Crippen LogP contribution is 2.23. The molecule has 2 atom stereocenters. The van der Waals surface area contributed by atoms with Crippen LogP contribution in [0.2, 0.25) is 0 Å². The van der Waals surface area contributed by atoms with Gasteiger partial charge in [0, 0.05) is 25.0 Å². The predicted molar refractivity (Wildman–Crippen MR) is 82.7 cm³/mol. The Morgan fingerprint density at radius 2 is 2.15 bits per heavy atom. The Kier molecular flexibility index (Phi) is 4.81. The van der Waals surface area contributed by atoms with Crippen LogP contribution in [-0.2, 0) is 4.79 Å². The molecule has 1 aliphatic heterocycles. The fraction of sp³-hybridized carbons (Fsp3) is 0.588. The molecule has 1 fully saturated rings. The molecule has 1 amide bonds. The second-order valence-corrected chi connectivity index (χ2v) is 6.03. The number of hydrogen-bond acceptors (Lipinski definition) is 2. The van der Waals surface area contributed by atoms with Crippen molar-refractivity contribution in [3.05, 3.63) is 34.9 Å². The molecule has 1 saturated heterocycles.